The number of carboxylic acids is 1. The van der Waals surface area contributed by atoms with Crippen molar-refractivity contribution < 1.29 is 14.7 Å². The molecule has 4 saturated carbocycles. The summed E-state index contributed by atoms with van der Waals surface area (Å²) in [5.74, 6) is 0.708. The Balaban J connectivity index is 1.46. The molecule has 2 N–H and O–H groups in total. The van der Waals surface area contributed by atoms with Crippen molar-refractivity contribution in [3.8, 4) is 0 Å². The summed E-state index contributed by atoms with van der Waals surface area (Å²) >= 11 is 0. The van der Waals surface area contributed by atoms with Crippen LogP contribution in [0.25, 0.3) is 0 Å². The van der Waals surface area contributed by atoms with Crippen molar-refractivity contribution in [1.29, 1.82) is 0 Å². The van der Waals surface area contributed by atoms with Crippen LogP contribution in [-0.2, 0) is 9.59 Å². The quantitative estimate of drug-likeness (QED) is 0.776. The number of hydrogen-bond donors (Lipinski definition) is 2. The average Bonchev–Trinajstić information content (AvgIpc) is 2.53. The number of aliphatic carboxylic acids is 1. The highest BCUT2D eigenvalue weighted by molar-refractivity contribution is 5.85. The summed E-state index contributed by atoms with van der Waals surface area (Å²) in [5, 5.41) is 12.7. The molecule has 0 aliphatic heterocycles. The molecule has 0 spiro atoms. The van der Waals surface area contributed by atoms with Gasteiger partial charge in [-0.25, -0.2) is 0 Å². The van der Waals surface area contributed by atoms with Gasteiger partial charge < -0.3 is 10.4 Å². The van der Waals surface area contributed by atoms with Gasteiger partial charge >= 0.3 is 5.97 Å². The number of hydrogen-bond acceptors (Lipinski definition) is 2. The van der Waals surface area contributed by atoms with Gasteiger partial charge in [0.1, 0.15) is 0 Å². The minimum absolute atomic E-state index is 0.0463. The van der Waals surface area contributed by atoms with Crippen molar-refractivity contribution in [1.82, 2.24) is 5.32 Å². The Morgan fingerprint density at radius 3 is 2.00 bits per heavy atom. The third-order valence-electron chi connectivity index (χ3n) is 7.45. The average molecular weight is 331 g/mol. The number of nitrogens with one attached hydrogen (secondary N) is 1. The Bertz CT molecular complexity index is 532. The summed E-state index contributed by atoms with van der Waals surface area (Å²) in [5.41, 5.74) is 0.271. The van der Waals surface area contributed by atoms with Crippen LogP contribution in [0.3, 0.4) is 0 Å². The fraction of sp³-hybridized carbons (Fsp3) is 0.800. The molecule has 0 heterocycles. The van der Waals surface area contributed by atoms with Crippen molar-refractivity contribution in [3.63, 3.8) is 0 Å². The summed E-state index contributed by atoms with van der Waals surface area (Å²) in [6, 6.07) is 0.166. The fourth-order valence-electron chi connectivity index (χ4n) is 6.56. The Labute approximate surface area is 144 Å². The van der Waals surface area contributed by atoms with Crippen LogP contribution in [0.4, 0.5) is 0 Å². The molecule has 0 aromatic carbocycles. The lowest BCUT2D eigenvalue weighted by molar-refractivity contribution is -0.148. The SMILES string of the molecule is C[C@@H](NC(=O)[C@@H]1CC=CC[C@@H]1C(=O)O)C12CC3CC(CC(C3)C1)C2. The topological polar surface area (TPSA) is 66.4 Å². The number of rotatable bonds is 4. The summed E-state index contributed by atoms with van der Waals surface area (Å²) < 4.78 is 0. The van der Waals surface area contributed by atoms with Gasteiger partial charge in [0.2, 0.25) is 5.91 Å². The van der Waals surface area contributed by atoms with Crippen molar-refractivity contribution in [2.75, 3.05) is 0 Å². The van der Waals surface area contributed by atoms with Gasteiger partial charge in [0.25, 0.3) is 0 Å². The maximum absolute atomic E-state index is 12.8. The monoisotopic (exact) mass is 331 g/mol. The second-order valence-electron chi connectivity index (χ2n) is 9.00. The molecule has 0 unspecified atom stereocenters. The molecular weight excluding hydrogens is 302 g/mol. The normalized spacial score (nSPS) is 44.3. The zero-order valence-corrected chi connectivity index (χ0v) is 14.5. The van der Waals surface area contributed by atoms with Gasteiger partial charge in [-0.3, -0.25) is 9.59 Å². The van der Waals surface area contributed by atoms with Gasteiger partial charge in [-0.1, -0.05) is 12.2 Å². The Morgan fingerprint density at radius 1 is 1.00 bits per heavy atom. The maximum Gasteiger partial charge on any atom is 0.307 e. The molecule has 4 heteroatoms. The van der Waals surface area contributed by atoms with Crippen molar-refractivity contribution >= 4 is 11.9 Å². The van der Waals surface area contributed by atoms with Crippen LogP contribution < -0.4 is 5.32 Å². The van der Waals surface area contributed by atoms with E-state index in [2.05, 4.69) is 12.2 Å². The van der Waals surface area contributed by atoms with E-state index in [0.717, 1.165) is 17.8 Å². The molecule has 4 bridgehead atoms. The molecule has 0 aromatic rings. The molecule has 5 rings (SSSR count). The first-order chi connectivity index (χ1) is 11.5. The number of allylic oxidation sites excluding steroid dienone is 2. The maximum atomic E-state index is 12.8. The van der Waals surface area contributed by atoms with E-state index >= 15 is 0 Å². The lowest BCUT2D eigenvalue weighted by Gasteiger charge is -2.59. The fourth-order valence-corrected chi connectivity index (χ4v) is 6.56. The molecule has 4 fully saturated rings. The third kappa shape index (κ3) is 2.68. The highest BCUT2D eigenvalue weighted by Crippen LogP contribution is 2.61. The Hall–Kier alpha value is -1.32. The first kappa shape index (κ1) is 16.2. The van der Waals surface area contributed by atoms with E-state index in [9.17, 15) is 14.7 Å². The lowest BCUT2D eigenvalue weighted by Crippen LogP contribution is -2.57. The largest absolute Gasteiger partial charge is 0.481 e. The van der Waals surface area contributed by atoms with E-state index in [4.69, 9.17) is 0 Å². The van der Waals surface area contributed by atoms with Crippen LogP contribution in [-0.4, -0.2) is 23.0 Å². The zero-order valence-electron chi connectivity index (χ0n) is 14.5. The highest BCUT2D eigenvalue weighted by Gasteiger charge is 2.53. The van der Waals surface area contributed by atoms with E-state index in [1.165, 1.54) is 38.5 Å². The van der Waals surface area contributed by atoms with Gasteiger partial charge in [0, 0.05) is 6.04 Å². The van der Waals surface area contributed by atoms with Crippen LogP contribution in [0.1, 0.15) is 58.3 Å². The van der Waals surface area contributed by atoms with E-state index in [-0.39, 0.29) is 17.4 Å². The molecule has 1 amide bonds. The molecule has 132 valence electrons. The molecular formula is C20H29NO3. The molecule has 5 aliphatic carbocycles. The molecule has 4 nitrogen and oxygen atoms in total. The minimum Gasteiger partial charge on any atom is -0.481 e. The third-order valence-corrected chi connectivity index (χ3v) is 7.45. The predicted molar refractivity (Wildman–Crippen MR) is 91.2 cm³/mol. The Kier molecular flexibility index (Phi) is 3.97. The van der Waals surface area contributed by atoms with Crippen LogP contribution in [0.15, 0.2) is 12.2 Å². The van der Waals surface area contributed by atoms with Crippen LogP contribution in [0.2, 0.25) is 0 Å². The van der Waals surface area contributed by atoms with Gasteiger partial charge in [-0.2, -0.15) is 0 Å². The molecule has 0 radical (unpaired) electrons. The molecule has 0 aromatic heterocycles. The number of carbonyl (C=O) groups excluding carboxylic acids is 1. The predicted octanol–water partition coefficient (Wildman–Crippen LogP) is 3.37. The van der Waals surface area contributed by atoms with E-state index < -0.39 is 17.8 Å². The van der Waals surface area contributed by atoms with Crippen molar-refractivity contribution in [2.24, 2.45) is 35.0 Å². The standard InChI is InChI=1S/C20H29NO3/c1-12(20-9-13-6-14(10-20)8-15(7-13)11-20)21-18(22)16-4-2-3-5-17(16)19(23)24/h2-3,12-17H,4-11H2,1H3,(H,21,22)(H,23,24)/t12-,13?,14?,15?,16-,17+,20?/m1/s1. The lowest BCUT2D eigenvalue weighted by atomic mass is 9.48. The second kappa shape index (κ2) is 5.89. The summed E-state index contributed by atoms with van der Waals surface area (Å²) in [7, 11) is 0. The number of carboxylic acid groups (broad SMARTS) is 1. The molecule has 24 heavy (non-hydrogen) atoms. The van der Waals surface area contributed by atoms with E-state index in [0.29, 0.717) is 12.8 Å². The van der Waals surface area contributed by atoms with Crippen LogP contribution in [0.5, 0.6) is 0 Å². The first-order valence-corrected chi connectivity index (χ1v) is 9.65. The van der Waals surface area contributed by atoms with Gasteiger partial charge in [-0.05, 0) is 81.5 Å². The summed E-state index contributed by atoms with van der Waals surface area (Å²) in [6.07, 6.45) is 12.8. The molecule has 5 aliphatic rings. The van der Waals surface area contributed by atoms with Gasteiger partial charge in [-0.15, -0.1) is 0 Å². The van der Waals surface area contributed by atoms with Crippen LogP contribution >= 0.6 is 0 Å². The van der Waals surface area contributed by atoms with Crippen LogP contribution in [0, 0.1) is 35.0 Å². The second-order valence-corrected chi connectivity index (χ2v) is 9.00. The van der Waals surface area contributed by atoms with Crippen molar-refractivity contribution in [3.05, 3.63) is 12.2 Å². The Morgan fingerprint density at radius 2 is 1.50 bits per heavy atom. The van der Waals surface area contributed by atoms with Gasteiger partial charge in [0.05, 0.1) is 11.8 Å². The number of amides is 1. The first-order valence-electron chi connectivity index (χ1n) is 9.65. The number of carbonyl (C=O) groups is 2. The highest BCUT2D eigenvalue weighted by atomic mass is 16.4. The smallest absolute Gasteiger partial charge is 0.307 e. The molecule has 0 saturated heterocycles. The van der Waals surface area contributed by atoms with E-state index in [1.807, 2.05) is 12.2 Å². The zero-order chi connectivity index (χ0) is 16.9. The van der Waals surface area contributed by atoms with Gasteiger partial charge in [0.15, 0.2) is 0 Å². The summed E-state index contributed by atoms with van der Waals surface area (Å²) in [4.78, 5) is 24.3. The molecule has 3 atom stereocenters. The summed E-state index contributed by atoms with van der Waals surface area (Å²) in [6.45, 7) is 2.17. The van der Waals surface area contributed by atoms with Crippen molar-refractivity contribution in [2.45, 2.75) is 64.3 Å². The minimum atomic E-state index is -0.845. The van der Waals surface area contributed by atoms with E-state index in [1.54, 1.807) is 0 Å².